The van der Waals surface area contributed by atoms with Crippen molar-refractivity contribution in [1.29, 1.82) is 0 Å². The molecule has 0 radical (unpaired) electrons. The minimum atomic E-state index is -3.52. The van der Waals surface area contributed by atoms with Crippen LogP contribution in [-0.2, 0) is 14.8 Å². The molecule has 6 nitrogen and oxygen atoms in total. The van der Waals surface area contributed by atoms with Crippen LogP contribution in [0.3, 0.4) is 0 Å². The van der Waals surface area contributed by atoms with Crippen LogP contribution < -0.4 is 10.6 Å². The molecule has 1 fully saturated rings. The SMILES string of the molecule is Cc1ccc(NC(=O)CNc2cccc(S(=O)(=O)N3CCCCCC3)c2)c(Br)c1. The van der Waals surface area contributed by atoms with Crippen molar-refractivity contribution >= 4 is 43.2 Å². The number of carbonyl (C=O) groups is 1. The summed E-state index contributed by atoms with van der Waals surface area (Å²) in [6.45, 7) is 3.14. The van der Waals surface area contributed by atoms with Gasteiger partial charge in [-0.15, -0.1) is 0 Å². The molecule has 0 aliphatic carbocycles. The molecule has 0 spiro atoms. The second-order valence-corrected chi connectivity index (χ2v) is 10.0. The fourth-order valence-electron chi connectivity index (χ4n) is 3.30. The summed E-state index contributed by atoms with van der Waals surface area (Å²) in [4.78, 5) is 12.5. The number of aryl methyl sites for hydroxylation is 1. The molecule has 1 saturated heterocycles. The number of carbonyl (C=O) groups excluding carboxylic acids is 1. The van der Waals surface area contributed by atoms with Gasteiger partial charge in [-0.05, 0) is 71.6 Å². The fraction of sp³-hybridized carbons (Fsp3) is 0.381. The Kier molecular flexibility index (Phi) is 7.32. The largest absolute Gasteiger partial charge is 0.376 e. The van der Waals surface area contributed by atoms with E-state index in [0.29, 0.717) is 24.5 Å². The molecule has 1 aliphatic heterocycles. The molecule has 2 aromatic carbocycles. The predicted octanol–water partition coefficient (Wildman–Crippen LogP) is 4.37. The Labute approximate surface area is 180 Å². The van der Waals surface area contributed by atoms with E-state index in [1.54, 1.807) is 28.6 Å². The van der Waals surface area contributed by atoms with Gasteiger partial charge in [-0.2, -0.15) is 4.31 Å². The predicted molar refractivity (Wildman–Crippen MR) is 120 cm³/mol. The van der Waals surface area contributed by atoms with Crippen LogP contribution in [0, 0.1) is 6.92 Å². The summed E-state index contributed by atoms with van der Waals surface area (Å²) in [5, 5.41) is 5.85. The van der Waals surface area contributed by atoms with Crippen LogP contribution in [-0.4, -0.2) is 38.3 Å². The van der Waals surface area contributed by atoms with Crippen LogP contribution in [0.4, 0.5) is 11.4 Å². The molecule has 0 saturated carbocycles. The normalized spacial score (nSPS) is 15.5. The number of amides is 1. The first-order valence-corrected chi connectivity index (χ1v) is 12.0. The highest BCUT2D eigenvalue weighted by Crippen LogP contribution is 2.24. The van der Waals surface area contributed by atoms with Crippen LogP contribution in [0.25, 0.3) is 0 Å². The van der Waals surface area contributed by atoms with E-state index in [9.17, 15) is 13.2 Å². The van der Waals surface area contributed by atoms with E-state index in [1.807, 2.05) is 25.1 Å². The first kappa shape index (κ1) is 21.8. The smallest absolute Gasteiger partial charge is 0.243 e. The Morgan fingerprint density at radius 1 is 1.07 bits per heavy atom. The first-order valence-electron chi connectivity index (χ1n) is 9.76. The van der Waals surface area contributed by atoms with E-state index in [2.05, 4.69) is 26.6 Å². The van der Waals surface area contributed by atoms with Crippen LogP contribution in [0.5, 0.6) is 0 Å². The minimum absolute atomic E-state index is 0.0352. The van der Waals surface area contributed by atoms with Crippen molar-refractivity contribution in [1.82, 2.24) is 4.31 Å². The number of halogens is 1. The maximum atomic E-state index is 13.0. The van der Waals surface area contributed by atoms with Crippen molar-refractivity contribution in [2.75, 3.05) is 30.3 Å². The summed E-state index contributed by atoms with van der Waals surface area (Å²) in [5.74, 6) is -0.213. The fourth-order valence-corrected chi connectivity index (χ4v) is 5.45. The number of sulfonamides is 1. The Morgan fingerprint density at radius 3 is 2.48 bits per heavy atom. The maximum absolute atomic E-state index is 13.0. The molecule has 1 amide bonds. The summed E-state index contributed by atoms with van der Waals surface area (Å²) in [6.07, 6.45) is 3.93. The van der Waals surface area contributed by atoms with Crippen molar-refractivity contribution in [2.24, 2.45) is 0 Å². The number of rotatable bonds is 6. The van der Waals surface area contributed by atoms with Crippen molar-refractivity contribution in [2.45, 2.75) is 37.5 Å². The van der Waals surface area contributed by atoms with Gasteiger partial charge in [0.2, 0.25) is 15.9 Å². The summed E-state index contributed by atoms with van der Waals surface area (Å²) in [6, 6.07) is 12.3. The number of benzene rings is 2. The lowest BCUT2D eigenvalue weighted by Gasteiger charge is -2.20. The summed E-state index contributed by atoms with van der Waals surface area (Å²) >= 11 is 3.44. The van der Waals surface area contributed by atoms with Crippen molar-refractivity contribution in [3.63, 3.8) is 0 Å². The molecule has 0 atom stereocenters. The third-order valence-electron chi connectivity index (χ3n) is 4.89. The zero-order chi connectivity index (χ0) is 20.9. The van der Waals surface area contributed by atoms with Gasteiger partial charge in [-0.1, -0.05) is 25.0 Å². The molecule has 0 bridgehead atoms. The second kappa shape index (κ2) is 9.73. The molecular weight excluding hydrogens is 454 g/mol. The van der Waals surface area contributed by atoms with Crippen molar-refractivity contribution < 1.29 is 13.2 Å². The molecule has 8 heteroatoms. The highest BCUT2D eigenvalue weighted by atomic mass is 79.9. The zero-order valence-corrected chi connectivity index (χ0v) is 18.9. The highest BCUT2D eigenvalue weighted by Gasteiger charge is 2.25. The molecule has 156 valence electrons. The van der Waals surface area contributed by atoms with E-state index >= 15 is 0 Å². The van der Waals surface area contributed by atoms with E-state index in [4.69, 9.17) is 0 Å². The lowest BCUT2D eigenvalue weighted by Crippen LogP contribution is -2.32. The Bertz CT molecular complexity index is 971. The van der Waals surface area contributed by atoms with Gasteiger partial charge in [-0.3, -0.25) is 4.79 Å². The number of nitrogens with zero attached hydrogens (tertiary/aromatic N) is 1. The van der Waals surface area contributed by atoms with Gasteiger partial charge in [0.15, 0.2) is 0 Å². The van der Waals surface area contributed by atoms with Crippen LogP contribution in [0.2, 0.25) is 0 Å². The zero-order valence-electron chi connectivity index (χ0n) is 16.4. The van der Waals surface area contributed by atoms with Crippen LogP contribution >= 0.6 is 15.9 Å². The Balaban J connectivity index is 1.64. The molecule has 3 rings (SSSR count). The summed E-state index contributed by atoms with van der Waals surface area (Å²) in [7, 11) is -3.52. The number of hydrogen-bond acceptors (Lipinski definition) is 4. The number of anilines is 2. The highest BCUT2D eigenvalue weighted by molar-refractivity contribution is 9.10. The molecule has 1 aliphatic rings. The molecule has 1 heterocycles. The molecule has 0 aromatic heterocycles. The minimum Gasteiger partial charge on any atom is -0.376 e. The monoisotopic (exact) mass is 479 g/mol. The second-order valence-electron chi connectivity index (χ2n) is 7.23. The van der Waals surface area contributed by atoms with Gasteiger partial charge in [0, 0.05) is 23.2 Å². The molecule has 29 heavy (non-hydrogen) atoms. The molecule has 2 N–H and O–H groups in total. The Hall–Kier alpha value is -1.90. The van der Waals surface area contributed by atoms with Crippen LogP contribution in [0.15, 0.2) is 51.8 Å². The molecular formula is C21H26BrN3O3S. The topological polar surface area (TPSA) is 78.5 Å². The molecule has 0 unspecified atom stereocenters. The lowest BCUT2D eigenvalue weighted by atomic mass is 10.2. The van der Waals surface area contributed by atoms with E-state index in [-0.39, 0.29) is 17.3 Å². The third kappa shape index (κ3) is 5.81. The van der Waals surface area contributed by atoms with Gasteiger partial charge in [-0.25, -0.2) is 8.42 Å². The quantitative estimate of drug-likeness (QED) is 0.644. The van der Waals surface area contributed by atoms with E-state index < -0.39 is 10.0 Å². The van der Waals surface area contributed by atoms with Gasteiger partial charge in [0.05, 0.1) is 17.1 Å². The number of nitrogens with one attached hydrogen (secondary N) is 2. The van der Waals surface area contributed by atoms with Gasteiger partial charge in [0.1, 0.15) is 0 Å². The van der Waals surface area contributed by atoms with Crippen molar-refractivity contribution in [3.05, 3.63) is 52.5 Å². The molecule has 2 aromatic rings. The van der Waals surface area contributed by atoms with E-state index in [1.165, 1.54) is 0 Å². The Morgan fingerprint density at radius 2 is 1.79 bits per heavy atom. The van der Waals surface area contributed by atoms with Crippen LogP contribution in [0.1, 0.15) is 31.2 Å². The van der Waals surface area contributed by atoms with Crippen molar-refractivity contribution in [3.8, 4) is 0 Å². The van der Waals surface area contributed by atoms with Gasteiger partial charge in [0.25, 0.3) is 0 Å². The van der Waals surface area contributed by atoms with E-state index in [0.717, 1.165) is 35.7 Å². The maximum Gasteiger partial charge on any atom is 0.243 e. The third-order valence-corrected chi connectivity index (χ3v) is 7.44. The summed E-state index contributed by atoms with van der Waals surface area (Å²) in [5.41, 5.74) is 2.38. The number of hydrogen-bond donors (Lipinski definition) is 2. The summed E-state index contributed by atoms with van der Waals surface area (Å²) < 4.78 is 28.3. The average molecular weight is 480 g/mol. The average Bonchev–Trinajstić information content (AvgIpc) is 2.99. The van der Waals surface area contributed by atoms with Gasteiger partial charge >= 0.3 is 0 Å². The standard InChI is InChI=1S/C21H26BrN3O3S/c1-16-9-10-20(19(22)13-16)24-21(26)15-23-17-7-6-8-18(14-17)29(27,28)25-11-4-2-3-5-12-25/h6-10,13-14,23H,2-5,11-12,15H2,1H3,(H,24,26). The van der Waals surface area contributed by atoms with Gasteiger partial charge < -0.3 is 10.6 Å². The lowest BCUT2D eigenvalue weighted by molar-refractivity contribution is -0.114. The first-order chi connectivity index (χ1) is 13.9.